The Morgan fingerprint density at radius 2 is 1.71 bits per heavy atom. The molecule has 28 heavy (non-hydrogen) atoms. The van der Waals surface area contributed by atoms with Crippen molar-refractivity contribution in [2.75, 3.05) is 11.9 Å². The molecule has 0 saturated heterocycles. The minimum Gasteiger partial charge on any atom is -0.494 e. The lowest BCUT2D eigenvalue weighted by Gasteiger charge is -2.12. The Hall–Kier alpha value is -2.63. The van der Waals surface area contributed by atoms with Crippen LogP contribution in [0.5, 0.6) is 5.75 Å². The van der Waals surface area contributed by atoms with E-state index in [1.807, 2.05) is 6.92 Å². The first kappa shape index (κ1) is 20.1. The molecular weight excluding hydrogens is 442 g/mol. The predicted octanol–water partition coefficient (Wildman–Crippen LogP) is 5.98. The monoisotopic (exact) mass is 457 g/mol. The zero-order valence-corrected chi connectivity index (χ0v) is 17.4. The first-order valence-electron chi connectivity index (χ1n) is 8.62. The second-order valence-corrected chi connectivity index (χ2v) is 7.23. The van der Waals surface area contributed by atoms with E-state index >= 15 is 0 Å². The smallest absolute Gasteiger partial charge is 0.255 e. The Kier molecular flexibility index (Phi) is 6.49. The quantitative estimate of drug-likeness (QED) is 0.462. The third-order valence-corrected chi connectivity index (χ3v) is 4.84. The number of hydrogen-bond acceptors (Lipinski definition) is 3. The summed E-state index contributed by atoms with van der Waals surface area (Å²) in [6, 6.07) is 18.7. The Balaban J connectivity index is 1.89. The van der Waals surface area contributed by atoms with Crippen LogP contribution in [0, 0.1) is 0 Å². The van der Waals surface area contributed by atoms with Gasteiger partial charge >= 0.3 is 0 Å². The van der Waals surface area contributed by atoms with Gasteiger partial charge in [-0.2, -0.15) is 0 Å². The highest BCUT2D eigenvalue weighted by Crippen LogP contribution is 2.27. The fraction of sp³-hybridized carbons (Fsp3) is 0.0909. The van der Waals surface area contributed by atoms with Crippen LogP contribution in [0.1, 0.15) is 33.2 Å². The largest absolute Gasteiger partial charge is 0.494 e. The number of anilines is 1. The first-order valence-corrected chi connectivity index (χ1v) is 9.79. The number of hydrogen-bond donors (Lipinski definition) is 1. The highest BCUT2D eigenvalue weighted by atomic mass is 79.9. The van der Waals surface area contributed by atoms with E-state index in [1.54, 1.807) is 66.7 Å². The molecule has 3 rings (SSSR count). The molecule has 1 N–H and O–H groups in total. The molecule has 0 aliphatic heterocycles. The zero-order chi connectivity index (χ0) is 20.1. The summed E-state index contributed by atoms with van der Waals surface area (Å²) in [6.45, 7) is 2.45. The van der Waals surface area contributed by atoms with Crippen molar-refractivity contribution in [1.29, 1.82) is 0 Å². The number of amides is 1. The van der Waals surface area contributed by atoms with Crippen LogP contribution in [-0.4, -0.2) is 18.3 Å². The molecule has 0 aliphatic carbocycles. The summed E-state index contributed by atoms with van der Waals surface area (Å²) in [4.78, 5) is 25.6. The van der Waals surface area contributed by atoms with Gasteiger partial charge in [-0.15, -0.1) is 0 Å². The molecule has 0 saturated carbocycles. The first-order chi connectivity index (χ1) is 13.5. The third-order valence-electron chi connectivity index (χ3n) is 4.02. The van der Waals surface area contributed by atoms with Crippen LogP contribution in [0.15, 0.2) is 71.2 Å². The molecule has 0 aromatic heterocycles. The van der Waals surface area contributed by atoms with Gasteiger partial charge in [0.05, 0.1) is 17.3 Å². The molecule has 0 fully saturated rings. The summed E-state index contributed by atoms with van der Waals surface area (Å²) in [5.41, 5.74) is 1.59. The molecule has 0 bridgehead atoms. The Labute approximate surface area is 176 Å². The van der Waals surface area contributed by atoms with Crippen LogP contribution >= 0.6 is 27.5 Å². The molecule has 0 heterocycles. The van der Waals surface area contributed by atoms with E-state index in [1.165, 1.54) is 0 Å². The molecule has 0 atom stereocenters. The maximum absolute atomic E-state index is 13.0. The maximum Gasteiger partial charge on any atom is 0.255 e. The molecule has 1 amide bonds. The van der Waals surface area contributed by atoms with E-state index in [0.717, 1.165) is 4.47 Å². The number of halogens is 2. The fourth-order valence-electron chi connectivity index (χ4n) is 2.67. The van der Waals surface area contributed by atoms with Crippen LogP contribution in [0.3, 0.4) is 0 Å². The van der Waals surface area contributed by atoms with Crippen LogP contribution in [-0.2, 0) is 0 Å². The third kappa shape index (κ3) is 4.61. The molecular formula is C22H17BrClNO3. The summed E-state index contributed by atoms with van der Waals surface area (Å²) >= 11 is 9.55. The molecule has 142 valence electrons. The normalized spacial score (nSPS) is 10.4. The summed E-state index contributed by atoms with van der Waals surface area (Å²) in [6.07, 6.45) is 0. The van der Waals surface area contributed by atoms with E-state index in [-0.39, 0.29) is 11.7 Å². The van der Waals surface area contributed by atoms with Crippen molar-refractivity contribution in [2.45, 2.75) is 6.92 Å². The van der Waals surface area contributed by atoms with E-state index in [2.05, 4.69) is 21.2 Å². The summed E-state index contributed by atoms with van der Waals surface area (Å²) in [7, 11) is 0. The van der Waals surface area contributed by atoms with Gasteiger partial charge in [-0.3, -0.25) is 9.59 Å². The Bertz CT molecular complexity index is 1020. The maximum atomic E-state index is 13.0. The molecule has 0 unspecified atom stereocenters. The van der Waals surface area contributed by atoms with E-state index < -0.39 is 0 Å². The molecule has 0 radical (unpaired) electrons. The van der Waals surface area contributed by atoms with E-state index in [9.17, 15) is 9.59 Å². The van der Waals surface area contributed by atoms with Gasteiger partial charge in [0.25, 0.3) is 5.91 Å². The van der Waals surface area contributed by atoms with Gasteiger partial charge in [0, 0.05) is 21.2 Å². The molecule has 3 aromatic rings. The zero-order valence-electron chi connectivity index (χ0n) is 15.0. The molecule has 0 spiro atoms. The van der Waals surface area contributed by atoms with Gasteiger partial charge in [-0.05, 0) is 61.5 Å². The summed E-state index contributed by atoms with van der Waals surface area (Å²) in [5, 5.41) is 3.17. The van der Waals surface area contributed by atoms with Crippen LogP contribution in [0.4, 0.5) is 5.69 Å². The lowest BCUT2D eigenvalue weighted by molar-refractivity contribution is 0.102. The van der Waals surface area contributed by atoms with Crippen molar-refractivity contribution in [1.82, 2.24) is 0 Å². The van der Waals surface area contributed by atoms with Crippen molar-refractivity contribution in [2.24, 2.45) is 0 Å². The topological polar surface area (TPSA) is 55.4 Å². The Morgan fingerprint density at radius 1 is 1.00 bits per heavy atom. The number of nitrogens with one attached hydrogen (secondary N) is 1. The minimum absolute atomic E-state index is 0.270. The number of ether oxygens (including phenoxy) is 1. The molecule has 3 aromatic carbocycles. The van der Waals surface area contributed by atoms with Crippen LogP contribution < -0.4 is 10.1 Å². The number of benzene rings is 3. The van der Waals surface area contributed by atoms with Crippen molar-refractivity contribution in [3.05, 3.63) is 92.9 Å². The van der Waals surface area contributed by atoms with Crippen molar-refractivity contribution in [3.63, 3.8) is 0 Å². The minimum atomic E-state index is -0.321. The average Bonchev–Trinajstić information content (AvgIpc) is 2.70. The van der Waals surface area contributed by atoms with Gasteiger partial charge in [-0.1, -0.05) is 39.7 Å². The Morgan fingerprint density at radius 3 is 2.39 bits per heavy atom. The van der Waals surface area contributed by atoms with E-state index in [0.29, 0.717) is 39.8 Å². The van der Waals surface area contributed by atoms with Gasteiger partial charge in [0.15, 0.2) is 5.78 Å². The molecule has 0 aliphatic rings. The number of rotatable bonds is 6. The second kappa shape index (κ2) is 9.04. The average molecular weight is 459 g/mol. The highest BCUT2D eigenvalue weighted by molar-refractivity contribution is 9.10. The van der Waals surface area contributed by atoms with Gasteiger partial charge in [0.1, 0.15) is 5.75 Å². The molecule has 4 nitrogen and oxygen atoms in total. The fourth-order valence-corrected chi connectivity index (χ4v) is 3.25. The second-order valence-electron chi connectivity index (χ2n) is 5.91. The number of ketones is 1. The lowest BCUT2D eigenvalue weighted by Crippen LogP contribution is -2.15. The van der Waals surface area contributed by atoms with Gasteiger partial charge in [0.2, 0.25) is 0 Å². The predicted molar refractivity (Wildman–Crippen MR) is 115 cm³/mol. The van der Waals surface area contributed by atoms with Crippen LogP contribution in [0.25, 0.3) is 0 Å². The lowest BCUT2D eigenvalue weighted by atomic mass is 10.0. The van der Waals surface area contributed by atoms with Gasteiger partial charge < -0.3 is 10.1 Å². The highest BCUT2D eigenvalue weighted by Gasteiger charge is 2.18. The van der Waals surface area contributed by atoms with Crippen molar-refractivity contribution in [3.8, 4) is 5.75 Å². The van der Waals surface area contributed by atoms with Crippen LogP contribution in [0.2, 0.25) is 5.02 Å². The number of carbonyl (C=O) groups is 2. The summed E-state index contributed by atoms with van der Waals surface area (Å²) < 4.78 is 6.11. The van der Waals surface area contributed by atoms with Crippen molar-refractivity contribution >= 4 is 44.9 Å². The van der Waals surface area contributed by atoms with Gasteiger partial charge in [-0.25, -0.2) is 0 Å². The number of carbonyl (C=O) groups excluding carboxylic acids is 2. The van der Waals surface area contributed by atoms with Crippen molar-refractivity contribution < 1.29 is 14.3 Å². The molecule has 6 heteroatoms. The SMILES string of the molecule is CCOc1ccc(C(=O)Nc2ccc(Br)cc2C(=O)c2ccccc2Cl)cc1. The summed E-state index contributed by atoms with van der Waals surface area (Å²) in [5.74, 6) is 0.102. The van der Waals surface area contributed by atoms with E-state index in [4.69, 9.17) is 16.3 Å². The standard InChI is InChI=1S/C22H17BrClNO3/c1-2-28-16-10-7-14(8-11-16)22(27)25-20-12-9-15(23)13-18(20)21(26)17-5-3-4-6-19(17)24/h3-13H,2H2,1H3,(H,25,27).